The summed E-state index contributed by atoms with van der Waals surface area (Å²) in [6.45, 7) is 4.58. The molecule has 2 aliphatic rings. The number of carbonyl (C=O) groups excluding carboxylic acids is 2. The van der Waals surface area contributed by atoms with Gasteiger partial charge in [-0.2, -0.15) is 0 Å². The number of hydrogen-bond acceptors (Lipinski definition) is 2. The Morgan fingerprint density at radius 2 is 1.73 bits per heavy atom. The van der Waals surface area contributed by atoms with Gasteiger partial charge >= 0.3 is 0 Å². The van der Waals surface area contributed by atoms with E-state index >= 15 is 0 Å². The van der Waals surface area contributed by atoms with E-state index in [2.05, 4.69) is 36.5 Å². The molecule has 1 aromatic rings. The van der Waals surface area contributed by atoms with Gasteiger partial charge in [0.05, 0.1) is 0 Å². The van der Waals surface area contributed by atoms with Gasteiger partial charge < -0.3 is 10.2 Å². The third-order valence-electron chi connectivity index (χ3n) is 6.17. The zero-order valence-electron chi connectivity index (χ0n) is 16.2. The average molecular weight is 357 g/mol. The first-order valence-corrected chi connectivity index (χ1v) is 10.2. The Labute approximate surface area is 157 Å². The first-order chi connectivity index (χ1) is 12.5. The quantitative estimate of drug-likeness (QED) is 0.812. The molecule has 0 radical (unpaired) electrons. The maximum Gasteiger partial charge on any atom is 0.245 e. The molecule has 26 heavy (non-hydrogen) atoms. The number of carbonyl (C=O) groups is 2. The summed E-state index contributed by atoms with van der Waals surface area (Å²) in [5, 5.41) is 3.26. The number of hydrogen-bond donors (Lipinski definition) is 1. The van der Waals surface area contributed by atoms with Crippen LogP contribution in [0.3, 0.4) is 0 Å². The summed E-state index contributed by atoms with van der Waals surface area (Å²) in [5.74, 6) is 0.114. The van der Waals surface area contributed by atoms with E-state index in [1.165, 1.54) is 31.2 Å². The predicted molar refractivity (Wildman–Crippen MR) is 104 cm³/mol. The van der Waals surface area contributed by atoms with Gasteiger partial charge in [-0.15, -0.1) is 0 Å². The smallest absolute Gasteiger partial charge is 0.245 e. The molecule has 0 aromatic heterocycles. The van der Waals surface area contributed by atoms with Gasteiger partial charge in [-0.05, 0) is 43.7 Å². The second kappa shape index (κ2) is 8.24. The number of aryl methyl sites for hydroxylation is 1. The zero-order chi connectivity index (χ0) is 18.6. The van der Waals surface area contributed by atoms with Crippen LogP contribution in [0.25, 0.3) is 0 Å². The van der Waals surface area contributed by atoms with E-state index in [1.54, 1.807) is 4.90 Å². The molecule has 1 atom stereocenters. The summed E-state index contributed by atoms with van der Waals surface area (Å²) in [7, 11) is 0. The van der Waals surface area contributed by atoms with E-state index in [0.29, 0.717) is 19.4 Å². The highest BCUT2D eigenvalue weighted by atomic mass is 16.2. The van der Waals surface area contributed by atoms with Crippen molar-refractivity contribution >= 4 is 11.8 Å². The van der Waals surface area contributed by atoms with Crippen LogP contribution in [-0.4, -0.2) is 28.3 Å². The molecule has 1 N–H and O–H groups in total. The van der Waals surface area contributed by atoms with E-state index in [0.717, 1.165) is 24.8 Å². The van der Waals surface area contributed by atoms with Crippen LogP contribution in [0.1, 0.15) is 76.3 Å². The normalized spacial score (nSPS) is 24.5. The summed E-state index contributed by atoms with van der Waals surface area (Å²) in [5.41, 5.74) is 1.65. The Bertz CT molecular complexity index is 632. The SMILES string of the molecule is CCc1ccc(CN2C(=O)CC[C@]2(C)C(=O)NC2CCCCCC2)cc1. The Kier molecular flexibility index (Phi) is 6.00. The van der Waals surface area contributed by atoms with E-state index in [4.69, 9.17) is 0 Å². The Morgan fingerprint density at radius 1 is 1.12 bits per heavy atom. The molecule has 4 nitrogen and oxygen atoms in total. The minimum absolute atomic E-state index is 0.0282. The molecule has 1 aliphatic heterocycles. The van der Waals surface area contributed by atoms with Gasteiger partial charge in [-0.25, -0.2) is 0 Å². The second-order valence-electron chi connectivity index (χ2n) is 8.09. The Hall–Kier alpha value is -1.84. The minimum atomic E-state index is -0.729. The Balaban J connectivity index is 1.70. The van der Waals surface area contributed by atoms with Gasteiger partial charge in [0, 0.05) is 19.0 Å². The molecular weight excluding hydrogens is 324 g/mol. The number of rotatable bonds is 5. The average Bonchev–Trinajstić information content (AvgIpc) is 2.83. The number of nitrogens with zero attached hydrogens (tertiary/aromatic N) is 1. The van der Waals surface area contributed by atoms with Crippen molar-refractivity contribution in [3.05, 3.63) is 35.4 Å². The summed E-state index contributed by atoms with van der Waals surface area (Å²) in [6, 6.07) is 8.64. The molecule has 3 rings (SSSR count). The maximum atomic E-state index is 13.1. The lowest BCUT2D eigenvalue weighted by atomic mass is 9.95. The highest BCUT2D eigenvalue weighted by molar-refractivity contribution is 5.94. The van der Waals surface area contributed by atoms with Gasteiger partial charge in [0.15, 0.2) is 0 Å². The van der Waals surface area contributed by atoms with Crippen molar-refractivity contribution in [2.45, 2.75) is 89.8 Å². The van der Waals surface area contributed by atoms with Crippen LogP contribution in [0.2, 0.25) is 0 Å². The van der Waals surface area contributed by atoms with Gasteiger partial charge in [0.2, 0.25) is 11.8 Å². The molecule has 1 saturated heterocycles. The largest absolute Gasteiger partial charge is 0.351 e. The molecule has 0 spiro atoms. The van der Waals surface area contributed by atoms with Gasteiger partial charge in [-0.3, -0.25) is 9.59 Å². The molecule has 0 bridgehead atoms. The third-order valence-corrected chi connectivity index (χ3v) is 6.17. The molecule has 2 fully saturated rings. The molecule has 2 amide bonds. The van der Waals surface area contributed by atoms with Crippen molar-refractivity contribution in [1.29, 1.82) is 0 Å². The first-order valence-electron chi connectivity index (χ1n) is 10.2. The van der Waals surface area contributed by atoms with Gasteiger partial charge in [0.1, 0.15) is 5.54 Å². The van der Waals surface area contributed by atoms with Crippen LogP contribution in [0.4, 0.5) is 0 Å². The molecule has 142 valence electrons. The fourth-order valence-electron chi connectivity index (χ4n) is 4.22. The summed E-state index contributed by atoms with van der Waals surface area (Å²) in [4.78, 5) is 27.4. The highest BCUT2D eigenvalue weighted by Crippen LogP contribution is 2.32. The van der Waals surface area contributed by atoms with Crippen molar-refractivity contribution in [2.24, 2.45) is 0 Å². The van der Waals surface area contributed by atoms with E-state index in [-0.39, 0.29) is 17.9 Å². The van der Waals surface area contributed by atoms with Crippen molar-refractivity contribution in [3.63, 3.8) is 0 Å². The van der Waals surface area contributed by atoms with Crippen molar-refractivity contribution in [3.8, 4) is 0 Å². The molecule has 1 aromatic carbocycles. The fourth-order valence-corrected chi connectivity index (χ4v) is 4.22. The van der Waals surface area contributed by atoms with Crippen LogP contribution in [0.5, 0.6) is 0 Å². The van der Waals surface area contributed by atoms with Crippen LogP contribution in [0, 0.1) is 0 Å². The lowest BCUT2D eigenvalue weighted by Gasteiger charge is -2.35. The van der Waals surface area contributed by atoms with Crippen molar-refractivity contribution < 1.29 is 9.59 Å². The summed E-state index contributed by atoms with van der Waals surface area (Å²) in [6.07, 6.45) is 9.11. The number of benzene rings is 1. The molecular formula is C22H32N2O2. The minimum Gasteiger partial charge on any atom is -0.351 e. The first kappa shape index (κ1) is 18.9. The third kappa shape index (κ3) is 4.11. The number of nitrogens with one attached hydrogen (secondary N) is 1. The van der Waals surface area contributed by atoms with Crippen molar-refractivity contribution in [1.82, 2.24) is 10.2 Å². The molecule has 0 unspecified atom stereocenters. The van der Waals surface area contributed by atoms with Crippen LogP contribution in [-0.2, 0) is 22.6 Å². The fraction of sp³-hybridized carbons (Fsp3) is 0.636. The lowest BCUT2D eigenvalue weighted by molar-refractivity contribution is -0.141. The van der Waals surface area contributed by atoms with E-state index < -0.39 is 5.54 Å². The molecule has 1 aliphatic carbocycles. The highest BCUT2D eigenvalue weighted by Gasteiger charge is 2.47. The van der Waals surface area contributed by atoms with E-state index in [1.807, 2.05) is 6.92 Å². The molecule has 1 heterocycles. The van der Waals surface area contributed by atoms with Crippen LogP contribution >= 0.6 is 0 Å². The van der Waals surface area contributed by atoms with Crippen molar-refractivity contribution in [2.75, 3.05) is 0 Å². The van der Waals surface area contributed by atoms with Crippen LogP contribution in [0.15, 0.2) is 24.3 Å². The van der Waals surface area contributed by atoms with Gasteiger partial charge in [-0.1, -0.05) is 56.9 Å². The topological polar surface area (TPSA) is 49.4 Å². The maximum absolute atomic E-state index is 13.1. The predicted octanol–water partition coefficient (Wildman–Crippen LogP) is 3.97. The summed E-state index contributed by atoms with van der Waals surface area (Å²) >= 11 is 0. The number of amides is 2. The molecule has 1 saturated carbocycles. The molecule has 4 heteroatoms. The summed E-state index contributed by atoms with van der Waals surface area (Å²) < 4.78 is 0. The van der Waals surface area contributed by atoms with Crippen LogP contribution < -0.4 is 5.32 Å². The lowest BCUT2D eigenvalue weighted by Crippen LogP contribution is -2.56. The monoisotopic (exact) mass is 356 g/mol. The number of likely N-dealkylation sites (tertiary alicyclic amines) is 1. The Morgan fingerprint density at radius 3 is 2.35 bits per heavy atom. The van der Waals surface area contributed by atoms with E-state index in [9.17, 15) is 9.59 Å². The zero-order valence-corrected chi connectivity index (χ0v) is 16.2. The van der Waals surface area contributed by atoms with Gasteiger partial charge in [0.25, 0.3) is 0 Å². The second-order valence-corrected chi connectivity index (χ2v) is 8.09. The standard InChI is InChI=1S/C22H32N2O2/c1-3-17-10-12-18(13-11-17)16-24-20(25)14-15-22(24,2)21(26)23-19-8-6-4-5-7-9-19/h10-13,19H,3-9,14-16H2,1-2H3,(H,23,26)/t22-/m1/s1.